The van der Waals surface area contributed by atoms with Gasteiger partial charge in [0.2, 0.25) is 0 Å². The third-order valence-corrected chi connectivity index (χ3v) is 3.09. The van der Waals surface area contributed by atoms with E-state index in [1.807, 2.05) is 26.0 Å². The predicted molar refractivity (Wildman–Crippen MR) is 70.8 cm³/mol. The molecule has 0 aliphatic carbocycles. The number of carboxylic acid groups (broad SMARTS) is 1. The summed E-state index contributed by atoms with van der Waals surface area (Å²) in [4.78, 5) is 18.4. The molecule has 0 aliphatic rings. The highest BCUT2D eigenvalue weighted by atomic mass is 35.5. The van der Waals surface area contributed by atoms with E-state index < -0.39 is 5.97 Å². The third-order valence-electron chi connectivity index (χ3n) is 2.79. The average Bonchev–Trinajstić information content (AvgIpc) is 2.58. The maximum absolute atomic E-state index is 10.8. The van der Waals surface area contributed by atoms with E-state index in [9.17, 15) is 4.79 Å². The zero-order valence-corrected chi connectivity index (χ0v) is 11.1. The van der Waals surface area contributed by atoms with Crippen LogP contribution in [0, 0.1) is 5.41 Å². The van der Waals surface area contributed by atoms with Crippen molar-refractivity contribution in [3.05, 3.63) is 29.0 Å². The van der Waals surface area contributed by atoms with Crippen molar-refractivity contribution < 1.29 is 9.90 Å². The molecule has 2 rings (SSSR count). The molecule has 0 fully saturated rings. The Labute approximate surface area is 110 Å². The van der Waals surface area contributed by atoms with Crippen LogP contribution in [0.3, 0.4) is 0 Å². The first-order valence-electron chi connectivity index (χ1n) is 5.72. The lowest BCUT2D eigenvalue weighted by atomic mass is 9.85. The van der Waals surface area contributed by atoms with E-state index in [4.69, 9.17) is 16.7 Å². The molecule has 2 N–H and O–H groups in total. The van der Waals surface area contributed by atoms with Gasteiger partial charge in [0, 0.05) is 6.42 Å². The quantitative estimate of drug-likeness (QED) is 0.893. The van der Waals surface area contributed by atoms with Gasteiger partial charge in [-0.25, -0.2) is 4.98 Å². The van der Waals surface area contributed by atoms with Crippen molar-refractivity contribution in [2.75, 3.05) is 0 Å². The number of hydrogen-bond acceptors (Lipinski definition) is 2. The molecule has 0 saturated carbocycles. The molecule has 96 valence electrons. The van der Waals surface area contributed by atoms with Gasteiger partial charge in [0.05, 0.1) is 17.0 Å². The first-order chi connectivity index (χ1) is 8.37. The van der Waals surface area contributed by atoms with Gasteiger partial charge in [0.1, 0.15) is 11.3 Å². The Kier molecular flexibility index (Phi) is 3.30. The summed E-state index contributed by atoms with van der Waals surface area (Å²) in [6.45, 7) is 3.83. The van der Waals surface area contributed by atoms with Crippen molar-refractivity contribution in [2.45, 2.75) is 26.7 Å². The smallest absolute Gasteiger partial charge is 0.303 e. The summed E-state index contributed by atoms with van der Waals surface area (Å²) in [5.41, 5.74) is 1.27. The zero-order valence-electron chi connectivity index (χ0n) is 10.3. The fourth-order valence-corrected chi connectivity index (χ4v) is 2.27. The Morgan fingerprint density at radius 2 is 2.22 bits per heavy atom. The predicted octanol–water partition coefficient (Wildman–Crippen LogP) is 3.26. The van der Waals surface area contributed by atoms with Gasteiger partial charge in [-0.1, -0.05) is 31.5 Å². The maximum atomic E-state index is 10.8. The molecule has 18 heavy (non-hydrogen) atoms. The Balaban J connectivity index is 2.27. The molecule has 5 heteroatoms. The lowest BCUT2D eigenvalue weighted by Gasteiger charge is -2.20. The lowest BCUT2D eigenvalue weighted by Crippen LogP contribution is -2.20. The monoisotopic (exact) mass is 266 g/mol. The summed E-state index contributed by atoms with van der Waals surface area (Å²) < 4.78 is 0. The fraction of sp³-hybridized carbons (Fsp3) is 0.385. The van der Waals surface area contributed by atoms with E-state index in [0.717, 1.165) is 16.9 Å². The zero-order chi connectivity index (χ0) is 13.3. The number of benzene rings is 1. The summed E-state index contributed by atoms with van der Waals surface area (Å²) in [7, 11) is 0. The van der Waals surface area contributed by atoms with E-state index in [2.05, 4.69) is 9.97 Å². The fourth-order valence-electron chi connectivity index (χ4n) is 2.06. The van der Waals surface area contributed by atoms with Gasteiger partial charge in [-0.05, 0) is 17.5 Å². The average molecular weight is 267 g/mol. The van der Waals surface area contributed by atoms with Gasteiger partial charge < -0.3 is 10.1 Å². The topological polar surface area (TPSA) is 66.0 Å². The van der Waals surface area contributed by atoms with Crippen LogP contribution in [0.1, 0.15) is 26.1 Å². The highest BCUT2D eigenvalue weighted by Gasteiger charge is 2.24. The molecule has 0 atom stereocenters. The molecule has 1 aromatic heterocycles. The van der Waals surface area contributed by atoms with Crippen LogP contribution in [0.4, 0.5) is 0 Å². The molecule has 0 aliphatic heterocycles. The van der Waals surface area contributed by atoms with Crippen molar-refractivity contribution in [2.24, 2.45) is 5.41 Å². The molecular formula is C13H15ClN2O2. The molecule has 2 aromatic rings. The lowest BCUT2D eigenvalue weighted by molar-refractivity contribution is -0.139. The normalized spacial score (nSPS) is 11.9. The Morgan fingerprint density at radius 1 is 1.50 bits per heavy atom. The molecular weight excluding hydrogens is 252 g/mol. The standard InChI is InChI=1S/C13H15ClN2O2/c1-13(2,7-11(17)18)6-10-15-9-5-3-4-8(14)12(9)16-10/h3-5H,6-7H2,1-2H3,(H,15,16)(H,17,18). The number of nitrogens with zero attached hydrogens (tertiary/aromatic N) is 1. The number of imidazole rings is 1. The number of carboxylic acids is 1. The molecule has 0 bridgehead atoms. The van der Waals surface area contributed by atoms with Crippen molar-refractivity contribution in [3.8, 4) is 0 Å². The number of H-pyrrole nitrogens is 1. The van der Waals surface area contributed by atoms with E-state index in [0.29, 0.717) is 11.4 Å². The number of hydrogen-bond donors (Lipinski definition) is 2. The molecule has 4 nitrogen and oxygen atoms in total. The first-order valence-corrected chi connectivity index (χ1v) is 6.10. The van der Waals surface area contributed by atoms with Crippen LogP contribution in [0.5, 0.6) is 0 Å². The van der Waals surface area contributed by atoms with Crippen LogP contribution in [0.15, 0.2) is 18.2 Å². The van der Waals surface area contributed by atoms with Crippen LogP contribution < -0.4 is 0 Å². The van der Waals surface area contributed by atoms with E-state index in [-0.39, 0.29) is 11.8 Å². The minimum atomic E-state index is -0.797. The third kappa shape index (κ3) is 2.82. The van der Waals surface area contributed by atoms with Crippen molar-refractivity contribution in [3.63, 3.8) is 0 Å². The van der Waals surface area contributed by atoms with E-state index >= 15 is 0 Å². The van der Waals surface area contributed by atoms with Gasteiger partial charge in [-0.3, -0.25) is 4.79 Å². The van der Waals surface area contributed by atoms with Gasteiger partial charge in [-0.2, -0.15) is 0 Å². The SMILES string of the molecule is CC(C)(CC(=O)O)Cc1nc2c(Cl)cccc2[nH]1. The van der Waals surface area contributed by atoms with Crippen molar-refractivity contribution in [1.29, 1.82) is 0 Å². The van der Waals surface area contributed by atoms with Crippen LogP contribution in [0.2, 0.25) is 5.02 Å². The summed E-state index contributed by atoms with van der Waals surface area (Å²) >= 11 is 6.05. The van der Waals surface area contributed by atoms with Gasteiger partial charge in [-0.15, -0.1) is 0 Å². The second kappa shape index (κ2) is 4.61. The number of aliphatic carboxylic acids is 1. The van der Waals surface area contributed by atoms with Crippen LogP contribution in [-0.2, 0) is 11.2 Å². The minimum Gasteiger partial charge on any atom is -0.481 e. The number of nitrogens with one attached hydrogen (secondary N) is 1. The largest absolute Gasteiger partial charge is 0.481 e. The van der Waals surface area contributed by atoms with E-state index in [1.165, 1.54) is 0 Å². The number of rotatable bonds is 4. The first kappa shape index (κ1) is 12.9. The minimum absolute atomic E-state index is 0.109. The van der Waals surface area contributed by atoms with Crippen molar-refractivity contribution >= 4 is 28.6 Å². The van der Waals surface area contributed by atoms with Gasteiger partial charge in [0.25, 0.3) is 0 Å². The van der Waals surface area contributed by atoms with Crippen LogP contribution in [0.25, 0.3) is 11.0 Å². The summed E-state index contributed by atoms with van der Waals surface area (Å²) in [6, 6.07) is 5.55. The molecule has 0 radical (unpaired) electrons. The molecule has 0 spiro atoms. The second-order valence-electron chi connectivity index (χ2n) is 5.23. The molecule has 0 saturated heterocycles. The second-order valence-corrected chi connectivity index (χ2v) is 5.64. The number of fused-ring (bicyclic) bond motifs is 1. The number of aromatic nitrogens is 2. The van der Waals surface area contributed by atoms with Crippen molar-refractivity contribution in [1.82, 2.24) is 9.97 Å². The molecule has 1 heterocycles. The molecule has 1 aromatic carbocycles. The summed E-state index contributed by atoms with van der Waals surface area (Å²) in [6.07, 6.45) is 0.683. The maximum Gasteiger partial charge on any atom is 0.303 e. The van der Waals surface area contributed by atoms with E-state index in [1.54, 1.807) is 6.07 Å². The Hall–Kier alpha value is -1.55. The summed E-state index contributed by atoms with van der Waals surface area (Å²) in [5.74, 6) is -0.0292. The number of halogens is 1. The number of aromatic amines is 1. The highest BCUT2D eigenvalue weighted by molar-refractivity contribution is 6.34. The van der Waals surface area contributed by atoms with Crippen LogP contribution in [-0.4, -0.2) is 21.0 Å². The molecule has 0 unspecified atom stereocenters. The molecule has 0 amide bonds. The van der Waals surface area contributed by atoms with Gasteiger partial charge in [0.15, 0.2) is 0 Å². The Bertz CT molecular complexity index is 590. The number of carbonyl (C=O) groups is 1. The highest BCUT2D eigenvalue weighted by Crippen LogP contribution is 2.27. The van der Waals surface area contributed by atoms with Gasteiger partial charge >= 0.3 is 5.97 Å². The number of para-hydroxylation sites is 1. The van der Waals surface area contributed by atoms with Crippen LogP contribution >= 0.6 is 11.6 Å². The summed E-state index contributed by atoms with van der Waals surface area (Å²) in [5, 5.41) is 9.46. The Morgan fingerprint density at radius 3 is 2.83 bits per heavy atom.